The van der Waals surface area contributed by atoms with Gasteiger partial charge in [0.1, 0.15) is 11.5 Å². The number of allylic oxidation sites excluding steroid dienone is 1. The normalized spacial score (nSPS) is 15.6. The summed E-state index contributed by atoms with van der Waals surface area (Å²) < 4.78 is 12.6. The van der Waals surface area contributed by atoms with Crippen LogP contribution in [0.2, 0.25) is 10.0 Å². The Morgan fingerprint density at radius 1 is 1.20 bits per heavy atom. The zero-order valence-electron chi connectivity index (χ0n) is 19.2. The van der Waals surface area contributed by atoms with Crippen molar-refractivity contribution in [3.05, 3.63) is 88.5 Å². The Labute approximate surface area is 215 Å². The first-order valence-corrected chi connectivity index (χ1v) is 12.4. The smallest absolute Gasteiger partial charge is 0.338 e. The molecule has 2 heterocycles. The van der Waals surface area contributed by atoms with Crippen molar-refractivity contribution in [2.75, 3.05) is 13.2 Å². The number of rotatable bonds is 6. The Balaban J connectivity index is 1.94. The number of thiazole rings is 1. The quantitative estimate of drug-likeness (QED) is 0.480. The maximum Gasteiger partial charge on any atom is 0.338 e. The van der Waals surface area contributed by atoms with Gasteiger partial charge < -0.3 is 14.6 Å². The zero-order chi connectivity index (χ0) is 25.3. The summed E-state index contributed by atoms with van der Waals surface area (Å²) in [6, 6.07) is 9.39. The largest absolute Gasteiger partial charge is 0.506 e. The molecule has 3 aromatic rings. The highest BCUT2D eigenvalue weighted by atomic mass is 35.5. The minimum absolute atomic E-state index is 0.0734. The molecule has 10 heteroatoms. The van der Waals surface area contributed by atoms with Crippen molar-refractivity contribution in [1.82, 2.24) is 4.57 Å². The lowest BCUT2D eigenvalue weighted by Gasteiger charge is -2.24. The van der Waals surface area contributed by atoms with Gasteiger partial charge in [-0.3, -0.25) is 9.36 Å². The summed E-state index contributed by atoms with van der Waals surface area (Å²) in [4.78, 5) is 31.5. The average molecular weight is 533 g/mol. The second kappa shape index (κ2) is 10.3. The Hall–Kier alpha value is -3.07. The molecule has 0 saturated carbocycles. The first-order valence-electron chi connectivity index (χ1n) is 10.9. The number of phenolic OH excluding ortho intramolecular Hbond substituents is 1. The maximum absolute atomic E-state index is 13.6. The first kappa shape index (κ1) is 25.0. The average Bonchev–Trinajstić information content (AvgIpc) is 3.11. The van der Waals surface area contributed by atoms with Crippen molar-refractivity contribution in [2.45, 2.75) is 26.8 Å². The number of ether oxygens (including phenoxy) is 2. The van der Waals surface area contributed by atoms with Crippen LogP contribution in [-0.2, 0) is 9.53 Å². The van der Waals surface area contributed by atoms with Crippen LogP contribution in [0, 0.1) is 0 Å². The molecule has 1 aliphatic heterocycles. The number of carbonyl (C=O) groups excluding carboxylic acids is 1. The monoisotopic (exact) mass is 532 g/mol. The Morgan fingerprint density at radius 2 is 1.91 bits per heavy atom. The standard InChI is InChI=1S/C25H22Cl2N2O5S/c1-4-33-17-8-6-14(7-9-17)21-20(24(32)34-5-2)13(3)28-25-29(21)23(31)19(35-25)11-15-10-16(26)12-18(27)22(15)30/h6-12,21,30H,4-5H2,1-3H3. The molecule has 0 radical (unpaired) electrons. The molecule has 182 valence electrons. The highest BCUT2D eigenvalue weighted by Crippen LogP contribution is 2.33. The predicted octanol–water partition coefficient (Wildman–Crippen LogP) is 4.21. The molecule has 7 nitrogen and oxygen atoms in total. The van der Waals surface area contributed by atoms with Gasteiger partial charge in [-0.25, -0.2) is 9.79 Å². The topological polar surface area (TPSA) is 90.1 Å². The van der Waals surface area contributed by atoms with E-state index in [1.165, 1.54) is 22.8 Å². The van der Waals surface area contributed by atoms with Crippen LogP contribution in [0.1, 0.15) is 37.9 Å². The Morgan fingerprint density at radius 3 is 2.57 bits per heavy atom. The van der Waals surface area contributed by atoms with Gasteiger partial charge in [0.2, 0.25) is 0 Å². The summed E-state index contributed by atoms with van der Waals surface area (Å²) in [5.74, 6) is -0.0510. The molecule has 4 rings (SSSR count). The van der Waals surface area contributed by atoms with Gasteiger partial charge in [0, 0.05) is 10.6 Å². The zero-order valence-corrected chi connectivity index (χ0v) is 21.5. The van der Waals surface area contributed by atoms with Crippen molar-refractivity contribution in [3.8, 4) is 11.5 Å². The minimum Gasteiger partial charge on any atom is -0.506 e. The van der Waals surface area contributed by atoms with Crippen LogP contribution in [-0.4, -0.2) is 28.9 Å². The van der Waals surface area contributed by atoms with Gasteiger partial charge in [-0.2, -0.15) is 0 Å². The van der Waals surface area contributed by atoms with Crippen LogP contribution in [0.25, 0.3) is 6.08 Å². The third-order valence-corrected chi connectivity index (χ3v) is 6.86. The molecule has 1 atom stereocenters. The molecule has 2 aromatic carbocycles. The van der Waals surface area contributed by atoms with Crippen LogP contribution in [0.4, 0.5) is 0 Å². The molecule has 1 unspecified atom stereocenters. The van der Waals surface area contributed by atoms with E-state index >= 15 is 0 Å². The van der Waals surface area contributed by atoms with Gasteiger partial charge in [-0.15, -0.1) is 0 Å². The number of phenols is 1. The fourth-order valence-corrected chi connectivity index (χ4v) is 5.40. The van der Waals surface area contributed by atoms with Crippen LogP contribution < -0.4 is 19.6 Å². The number of hydrogen-bond acceptors (Lipinski definition) is 7. The number of fused-ring (bicyclic) bond motifs is 1. The van der Waals surface area contributed by atoms with Gasteiger partial charge in [-0.1, -0.05) is 46.7 Å². The Kier molecular flexibility index (Phi) is 7.35. The van der Waals surface area contributed by atoms with Crippen LogP contribution in [0.5, 0.6) is 11.5 Å². The van der Waals surface area contributed by atoms with Crippen molar-refractivity contribution in [2.24, 2.45) is 4.99 Å². The van der Waals surface area contributed by atoms with Crippen molar-refractivity contribution < 1.29 is 19.4 Å². The molecule has 0 saturated heterocycles. The summed E-state index contributed by atoms with van der Waals surface area (Å²) in [6.45, 7) is 6.03. The number of esters is 1. The van der Waals surface area contributed by atoms with Gasteiger partial charge >= 0.3 is 5.97 Å². The molecular weight excluding hydrogens is 511 g/mol. The first-order chi connectivity index (χ1) is 16.7. The lowest BCUT2D eigenvalue weighted by Crippen LogP contribution is -2.39. The number of hydrogen-bond donors (Lipinski definition) is 1. The number of aromatic nitrogens is 1. The molecule has 1 aliphatic rings. The highest BCUT2D eigenvalue weighted by Gasteiger charge is 2.33. The third-order valence-electron chi connectivity index (χ3n) is 5.37. The summed E-state index contributed by atoms with van der Waals surface area (Å²) in [6.07, 6.45) is 1.51. The summed E-state index contributed by atoms with van der Waals surface area (Å²) in [5, 5.41) is 10.8. The maximum atomic E-state index is 13.6. The number of aromatic hydroxyl groups is 1. The fourth-order valence-electron chi connectivity index (χ4n) is 3.86. The molecule has 0 amide bonds. The van der Waals surface area contributed by atoms with E-state index in [2.05, 4.69) is 4.99 Å². The number of benzene rings is 2. The van der Waals surface area contributed by atoms with Gasteiger partial charge in [0.15, 0.2) is 4.80 Å². The van der Waals surface area contributed by atoms with E-state index in [4.69, 9.17) is 32.7 Å². The van der Waals surface area contributed by atoms with Crippen molar-refractivity contribution in [3.63, 3.8) is 0 Å². The lowest BCUT2D eigenvalue weighted by atomic mass is 9.96. The fraction of sp³-hybridized carbons (Fsp3) is 0.240. The van der Waals surface area contributed by atoms with E-state index in [1.807, 2.05) is 19.1 Å². The second-order valence-corrected chi connectivity index (χ2v) is 9.48. The molecular formula is C25H22Cl2N2O5S. The van der Waals surface area contributed by atoms with E-state index in [0.29, 0.717) is 43.5 Å². The number of nitrogens with zero attached hydrogens (tertiary/aromatic N) is 2. The Bertz CT molecular complexity index is 1510. The van der Waals surface area contributed by atoms with E-state index in [0.717, 1.165) is 11.3 Å². The summed E-state index contributed by atoms with van der Waals surface area (Å²) >= 11 is 13.3. The van der Waals surface area contributed by atoms with E-state index in [1.54, 1.807) is 26.0 Å². The molecule has 1 N–H and O–H groups in total. The molecule has 0 bridgehead atoms. The van der Waals surface area contributed by atoms with Crippen molar-refractivity contribution in [1.29, 1.82) is 0 Å². The van der Waals surface area contributed by atoms with Crippen LogP contribution in [0.3, 0.4) is 0 Å². The van der Waals surface area contributed by atoms with E-state index < -0.39 is 12.0 Å². The van der Waals surface area contributed by atoms with E-state index in [-0.39, 0.29) is 28.5 Å². The van der Waals surface area contributed by atoms with Crippen LogP contribution >= 0.6 is 34.5 Å². The minimum atomic E-state index is -0.750. The lowest BCUT2D eigenvalue weighted by molar-refractivity contribution is -0.139. The SMILES string of the molecule is CCOC(=O)C1=C(C)N=c2sc(=Cc3cc(Cl)cc(Cl)c3O)c(=O)n2C1c1ccc(OCC)cc1. The molecule has 1 aromatic heterocycles. The number of carbonyl (C=O) groups is 1. The van der Waals surface area contributed by atoms with Crippen molar-refractivity contribution >= 4 is 46.6 Å². The number of halogens is 2. The van der Waals surface area contributed by atoms with Crippen LogP contribution in [0.15, 0.2) is 57.5 Å². The van der Waals surface area contributed by atoms with Gasteiger partial charge in [0.05, 0.1) is 40.1 Å². The van der Waals surface area contributed by atoms with Gasteiger partial charge in [0.25, 0.3) is 5.56 Å². The highest BCUT2D eigenvalue weighted by molar-refractivity contribution is 7.07. The summed E-state index contributed by atoms with van der Waals surface area (Å²) in [5.41, 5.74) is 1.36. The second-order valence-electron chi connectivity index (χ2n) is 7.63. The third kappa shape index (κ3) is 4.87. The van der Waals surface area contributed by atoms with Gasteiger partial charge in [-0.05, 0) is 56.7 Å². The molecule has 0 spiro atoms. The van der Waals surface area contributed by atoms with E-state index in [9.17, 15) is 14.7 Å². The molecule has 0 fully saturated rings. The molecule has 35 heavy (non-hydrogen) atoms. The molecule has 0 aliphatic carbocycles. The predicted molar refractivity (Wildman–Crippen MR) is 136 cm³/mol. The summed E-state index contributed by atoms with van der Waals surface area (Å²) in [7, 11) is 0.